The summed E-state index contributed by atoms with van der Waals surface area (Å²) in [6.45, 7) is 4.71. The number of rotatable bonds is 4. The Hall–Kier alpha value is -0.730. The summed E-state index contributed by atoms with van der Waals surface area (Å²) in [5.41, 5.74) is 0. The molecule has 10 heavy (non-hydrogen) atoms. The molecule has 0 aliphatic carbocycles. The predicted molar refractivity (Wildman–Crippen MR) is 40.1 cm³/mol. The second kappa shape index (κ2) is 5.09. The van der Waals surface area contributed by atoms with Crippen LogP contribution in [0, 0.1) is 5.92 Å². The number of nitrogens with one attached hydrogen (secondary N) is 1. The van der Waals surface area contributed by atoms with Crippen LogP contribution >= 0.6 is 0 Å². The minimum atomic E-state index is -0.928. The molecule has 0 saturated carbocycles. The molecule has 0 saturated heterocycles. The molecule has 0 rings (SSSR count). The van der Waals surface area contributed by atoms with Crippen molar-refractivity contribution in [2.45, 2.75) is 26.7 Å². The van der Waals surface area contributed by atoms with Crippen LogP contribution in [0.1, 0.15) is 26.7 Å². The molecule has 0 aliphatic rings. The second-order valence-corrected chi connectivity index (χ2v) is 2.58. The lowest BCUT2D eigenvalue weighted by molar-refractivity contribution is 0.192. The molecule has 0 fully saturated rings. The summed E-state index contributed by atoms with van der Waals surface area (Å²) in [5.74, 6) is 0.459. The van der Waals surface area contributed by atoms with Crippen molar-refractivity contribution in [2.75, 3.05) is 6.54 Å². The van der Waals surface area contributed by atoms with Gasteiger partial charge in [-0.25, -0.2) is 4.79 Å². The molecule has 1 amide bonds. The van der Waals surface area contributed by atoms with Crippen LogP contribution in [-0.4, -0.2) is 17.7 Å². The molecule has 0 bridgehead atoms. The first-order valence-corrected chi connectivity index (χ1v) is 3.63. The molecule has 0 aromatic carbocycles. The van der Waals surface area contributed by atoms with Crippen molar-refractivity contribution in [3.8, 4) is 0 Å². The average Bonchev–Trinajstić information content (AvgIpc) is 1.85. The van der Waals surface area contributed by atoms with Gasteiger partial charge in [-0.3, -0.25) is 0 Å². The molecule has 1 unspecified atom stereocenters. The normalized spacial score (nSPS) is 12.6. The Balaban J connectivity index is 3.21. The van der Waals surface area contributed by atoms with Crippen molar-refractivity contribution in [1.29, 1.82) is 0 Å². The van der Waals surface area contributed by atoms with Gasteiger partial charge in [0.05, 0.1) is 0 Å². The Morgan fingerprint density at radius 2 is 2.30 bits per heavy atom. The molecule has 0 radical (unpaired) electrons. The Labute approximate surface area is 61.4 Å². The Morgan fingerprint density at radius 1 is 1.70 bits per heavy atom. The quantitative estimate of drug-likeness (QED) is 0.632. The minimum Gasteiger partial charge on any atom is -0.465 e. The maximum atomic E-state index is 10.00. The van der Waals surface area contributed by atoms with Crippen LogP contribution in [0.15, 0.2) is 0 Å². The van der Waals surface area contributed by atoms with E-state index in [0.717, 1.165) is 12.8 Å². The molecule has 0 aromatic heterocycles. The van der Waals surface area contributed by atoms with Gasteiger partial charge in [-0.15, -0.1) is 0 Å². The number of hydrogen-bond acceptors (Lipinski definition) is 1. The van der Waals surface area contributed by atoms with Crippen molar-refractivity contribution in [3.05, 3.63) is 0 Å². The average molecular weight is 145 g/mol. The molecule has 60 valence electrons. The van der Waals surface area contributed by atoms with E-state index in [2.05, 4.69) is 12.2 Å². The fourth-order valence-corrected chi connectivity index (χ4v) is 0.856. The van der Waals surface area contributed by atoms with E-state index in [4.69, 9.17) is 5.11 Å². The van der Waals surface area contributed by atoms with E-state index >= 15 is 0 Å². The zero-order chi connectivity index (χ0) is 7.98. The monoisotopic (exact) mass is 145 g/mol. The zero-order valence-corrected chi connectivity index (χ0v) is 6.55. The third-order valence-corrected chi connectivity index (χ3v) is 1.38. The van der Waals surface area contributed by atoms with Crippen LogP contribution in [0.2, 0.25) is 0 Å². The summed E-state index contributed by atoms with van der Waals surface area (Å²) in [4.78, 5) is 10.00. The highest BCUT2D eigenvalue weighted by Gasteiger charge is 2.01. The van der Waals surface area contributed by atoms with Crippen LogP contribution in [0.4, 0.5) is 4.79 Å². The first kappa shape index (κ1) is 9.27. The van der Waals surface area contributed by atoms with Crippen LogP contribution < -0.4 is 5.32 Å². The van der Waals surface area contributed by atoms with Crippen molar-refractivity contribution < 1.29 is 9.90 Å². The standard InChI is InChI=1S/C7H15NO2/c1-3-4-6(2)5-8-7(9)10/h6,8H,3-5H2,1-2H3,(H,9,10). The molecule has 0 aromatic rings. The molecule has 2 N–H and O–H groups in total. The van der Waals surface area contributed by atoms with Gasteiger partial charge in [0.2, 0.25) is 0 Å². The minimum absolute atomic E-state index is 0.459. The molecule has 3 heteroatoms. The Kier molecular flexibility index (Phi) is 4.72. The molecule has 0 aliphatic heterocycles. The van der Waals surface area contributed by atoms with Crippen molar-refractivity contribution in [2.24, 2.45) is 5.92 Å². The highest BCUT2D eigenvalue weighted by Crippen LogP contribution is 2.01. The van der Waals surface area contributed by atoms with Gasteiger partial charge in [0.1, 0.15) is 0 Å². The number of hydrogen-bond donors (Lipinski definition) is 2. The molecule has 1 atom stereocenters. The fourth-order valence-electron chi connectivity index (χ4n) is 0.856. The van der Waals surface area contributed by atoms with Crippen LogP contribution in [0.5, 0.6) is 0 Å². The smallest absolute Gasteiger partial charge is 0.404 e. The topological polar surface area (TPSA) is 49.3 Å². The highest BCUT2D eigenvalue weighted by atomic mass is 16.4. The van der Waals surface area contributed by atoms with Gasteiger partial charge in [-0.05, 0) is 12.3 Å². The van der Waals surface area contributed by atoms with Gasteiger partial charge in [-0.2, -0.15) is 0 Å². The van der Waals surface area contributed by atoms with Crippen molar-refractivity contribution in [1.82, 2.24) is 5.32 Å². The van der Waals surface area contributed by atoms with Crippen molar-refractivity contribution in [3.63, 3.8) is 0 Å². The zero-order valence-electron chi connectivity index (χ0n) is 6.55. The summed E-state index contributed by atoms with van der Waals surface area (Å²) in [5, 5.41) is 10.6. The third-order valence-electron chi connectivity index (χ3n) is 1.38. The summed E-state index contributed by atoms with van der Waals surface area (Å²) < 4.78 is 0. The SMILES string of the molecule is CCCC(C)CNC(=O)O. The number of carboxylic acid groups (broad SMARTS) is 1. The number of amides is 1. The Bertz CT molecular complexity index is 104. The molecule has 3 nitrogen and oxygen atoms in total. The summed E-state index contributed by atoms with van der Waals surface area (Å²) in [7, 11) is 0. The van der Waals surface area contributed by atoms with E-state index in [1.54, 1.807) is 0 Å². The lowest BCUT2D eigenvalue weighted by atomic mass is 10.1. The van der Waals surface area contributed by atoms with Gasteiger partial charge in [0, 0.05) is 6.54 Å². The Morgan fingerprint density at radius 3 is 2.70 bits per heavy atom. The van der Waals surface area contributed by atoms with Crippen LogP contribution in [-0.2, 0) is 0 Å². The molecule has 0 spiro atoms. The third kappa shape index (κ3) is 5.41. The summed E-state index contributed by atoms with van der Waals surface area (Å²) in [6, 6.07) is 0. The summed E-state index contributed by atoms with van der Waals surface area (Å²) >= 11 is 0. The highest BCUT2D eigenvalue weighted by molar-refractivity contribution is 5.64. The van der Waals surface area contributed by atoms with E-state index in [-0.39, 0.29) is 0 Å². The van der Waals surface area contributed by atoms with Gasteiger partial charge in [-0.1, -0.05) is 20.3 Å². The van der Waals surface area contributed by atoms with E-state index in [1.807, 2.05) is 6.92 Å². The lowest BCUT2D eigenvalue weighted by Crippen LogP contribution is -2.26. The van der Waals surface area contributed by atoms with Gasteiger partial charge >= 0.3 is 6.09 Å². The molecular formula is C7H15NO2. The molecule has 0 heterocycles. The largest absolute Gasteiger partial charge is 0.465 e. The van der Waals surface area contributed by atoms with Crippen molar-refractivity contribution >= 4 is 6.09 Å². The van der Waals surface area contributed by atoms with E-state index in [9.17, 15) is 4.79 Å². The summed E-state index contributed by atoms with van der Waals surface area (Å²) in [6.07, 6.45) is 1.27. The fraction of sp³-hybridized carbons (Fsp3) is 0.857. The predicted octanol–water partition coefficient (Wildman–Crippen LogP) is 1.69. The first-order valence-electron chi connectivity index (χ1n) is 3.63. The number of carbonyl (C=O) groups is 1. The lowest BCUT2D eigenvalue weighted by Gasteiger charge is -2.08. The van der Waals surface area contributed by atoms with E-state index in [1.165, 1.54) is 0 Å². The second-order valence-electron chi connectivity index (χ2n) is 2.58. The van der Waals surface area contributed by atoms with E-state index in [0.29, 0.717) is 12.5 Å². The maximum absolute atomic E-state index is 10.00. The van der Waals surface area contributed by atoms with Crippen LogP contribution in [0.25, 0.3) is 0 Å². The molecular weight excluding hydrogens is 130 g/mol. The van der Waals surface area contributed by atoms with Gasteiger partial charge in [0.25, 0.3) is 0 Å². The maximum Gasteiger partial charge on any atom is 0.404 e. The van der Waals surface area contributed by atoms with E-state index < -0.39 is 6.09 Å². The van der Waals surface area contributed by atoms with Crippen LogP contribution in [0.3, 0.4) is 0 Å². The van der Waals surface area contributed by atoms with Gasteiger partial charge < -0.3 is 10.4 Å². The van der Waals surface area contributed by atoms with Gasteiger partial charge in [0.15, 0.2) is 0 Å². The first-order chi connectivity index (χ1) is 4.66.